The number of aliphatic hydroxyl groups is 2. The van der Waals surface area contributed by atoms with Crippen molar-refractivity contribution in [2.75, 3.05) is 6.61 Å². The molecule has 0 heterocycles. The standard InChI is InChI=1S/C11H20O2/c1-9-3-5-10(6-4-9)11(2,13)7-8-12/h3,10,12-13H,4-8H2,1-2H3/t10-,11?/m0/s1. The topological polar surface area (TPSA) is 40.5 Å². The van der Waals surface area contributed by atoms with Crippen molar-refractivity contribution >= 4 is 0 Å². The summed E-state index contributed by atoms with van der Waals surface area (Å²) in [5, 5.41) is 18.8. The van der Waals surface area contributed by atoms with Crippen molar-refractivity contribution in [2.24, 2.45) is 5.92 Å². The molecule has 76 valence electrons. The molecule has 1 rings (SSSR count). The molecular formula is C11H20O2. The Labute approximate surface area is 80.3 Å². The molecule has 13 heavy (non-hydrogen) atoms. The molecular weight excluding hydrogens is 164 g/mol. The average Bonchev–Trinajstić information content (AvgIpc) is 2.05. The van der Waals surface area contributed by atoms with Crippen LogP contribution in [0.3, 0.4) is 0 Å². The molecule has 0 aromatic rings. The lowest BCUT2D eigenvalue weighted by molar-refractivity contribution is -0.0246. The Morgan fingerprint density at radius 2 is 2.31 bits per heavy atom. The van der Waals surface area contributed by atoms with Crippen LogP contribution < -0.4 is 0 Å². The first kappa shape index (κ1) is 10.7. The molecule has 0 bridgehead atoms. The molecule has 0 radical (unpaired) electrons. The molecule has 0 amide bonds. The van der Waals surface area contributed by atoms with Gasteiger partial charge in [-0.15, -0.1) is 0 Å². The summed E-state index contributed by atoms with van der Waals surface area (Å²) in [5.41, 5.74) is 0.738. The molecule has 0 saturated carbocycles. The monoisotopic (exact) mass is 184 g/mol. The summed E-state index contributed by atoms with van der Waals surface area (Å²) < 4.78 is 0. The highest BCUT2D eigenvalue weighted by Gasteiger charge is 2.31. The van der Waals surface area contributed by atoms with Crippen LogP contribution >= 0.6 is 0 Å². The van der Waals surface area contributed by atoms with Gasteiger partial charge >= 0.3 is 0 Å². The first-order valence-electron chi connectivity index (χ1n) is 5.05. The van der Waals surface area contributed by atoms with E-state index in [1.165, 1.54) is 5.57 Å². The minimum absolute atomic E-state index is 0.0756. The Hall–Kier alpha value is -0.340. The van der Waals surface area contributed by atoms with E-state index in [1.54, 1.807) is 0 Å². The first-order chi connectivity index (χ1) is 6.06. The second kappa shape index (κ2) is 4.25. The van der Waals surface area contributed by atoms with Gasteiger partial charge in [0.15, 0.2) is 0 Å². The van der Waals surface area contributed by atoms with Crippen LogP contribution in [0.5, 0.6) is 0 Å². The quantitative estimate of drug-likeness (QED) is 0.657. The third-order valence-corrected chi connectivity index (χ3v) is 3.14. The lowest BCUT2D eigenvalue weighted by Gasteiger charge is -2.34. The van der Waals surface area contributed by atoms with Crippen LogP contribution in [0.25, 0.3) is 0 Å². The summed E-state index contributed by atoms with van der Waals surface area (Å²) >= 11 is 0. The predicted octanol–water partition coefficient (Wildman–Crippen LogP) is 1.87. The van der Waals surface area contributed by atoms with Gasteiger partial charge in [0.1, 0.15) is 0 Å². The lowest BCUT2D eigenvalue weighted by atomic mass is 9.77. The molecule has 0 aromatic carbocycles. The van der Waals surface area contributed by atoms with Crippen LogP contribution in [0.2, 0.25) is 0 Å². The van der Waals surface area contributed by atoms with E-state index in [4.69, 9.17) is 5.11 Å². The molecule has 2 nitrogen and oxygen atoms in total. The van der Waals surface area contributed by atoms with Crippen LogP contribution in [-0.4, -0.2) is 22.4 Å². The van der Waals surface area contributed by atoms with Gasteiger partial charge in [-0.05, 0) is 45.4 Å². The summed E-state index contributed by atoms with van der Waals surface area (Å²) in [4.78, 5) is 0. The molecule has 0 aliphatic heterocycles. The summed E-state index contributed by atoms with van der Waals surface area (Å²) in [5.74, 6) is 0.323. The van der Waals surface area contributed by atoms with Crippen molar-refractivity contribution in [1.29, 1.82) is 0 Å². The molecule has 1 aliphatic rings. The van der Waals surface area contributed by atoms with E-state index in [9.17, 15) is 5.11 Å². The Balaban J connectivity index is 2.53. The van der Waals surface area contributed by atoms with Gasteiger partial charge in [-0.1, -0.05) is 11.6 Å². The second-order valence-corrected chi connectivity index (χ2v) is 4.35. The number of rotatable bonds is 3. The maximum atomic E-state index is 10.0. The largest absolute Gasteiger partial charge is 0.396 e. The van der Waals surface area contributed by atoms with Crippen LogP contribution in [0.4, 0.5) is 0 Å². The maximum absolute atomic E-state index is 10.0. The van der Waals surface area contributed by atoms with E-state index >= 15 is 0 Å². The Bertz CT molecular complexity index is 194. The Morgan fingerprint density at radius 3 is 2.77 bits per heavy atom. The minimum atomic E-state index is -0.689. The first-order valence-corrected chi connectivity index (χ1v) is 5.05. The second-order valence-electron chi connectivity index (χ2n) is 4.35. The Kier molecular flexibility index (Phi) is 3.51. The molecule has 2 atom stereocenters. The number of allylic oxidation sites excluding steroid dienone is 2. The van der Waals surface area contributed by atoms with Gasteiger partial charge < -0.3 is 10.2 Å². The predicted molar refractivity (Wildman–Crippen MR) is 53.4 cm³/mol. The summed E-state index contributed by atoms with van der Waals surface area (Å²) in [7, 11) is 0. The molecule has 0 fully saturated rings. The number of hydrogen-bond acceptors (Lipinski definition) is 2. The van der Waals surface area contributed by atoms with Crippen LogP contribution in [0.15, 0.2) is 11.6 Å². The van der Waals surface area contributed by atoms with Gasteiger partial charge in [-0.2, -0.15) is 0 Å². The molecule has 0 aromatic heterocycles. The third-order valence-electron chi connectivity index (χ3n) is 3.14. The van der Waals surface area contributed by atoms with E-state index in [1.807, 2.05) is 6.92 Å². The minimum Gasteiger partial charge on any atom is -0.396 e. The lowest BCUT2D eigenvalue weighted by Crippen LogP contribution is -2.36. The van der Waals surface area contributed by atoms with Gasteiger partial charge in [0.05, 0.1) is 5.60 Å². The highest BCUT2D eigenvalue weighted by atomic mass is 16.3. The fraction of sp³-hybridized carbons (Fsp3) is 0.818. The highest BCUT2D eigenvalue weighted by Crippen LogP contribution is 2.33. The SMILES string of the molecule is CC1=CC[C@H](C(C)(O)CCO)CC1. The summed E-state index contributed by atoms with van der Waals surface area (Å²) in [6.07, 6.45) is 5.80. The van der Waals surface area contributed by atoms with Gasteiger partial charge in [-0.25, -0.2) is 0 Å². The molecule has 1 aliphatic carbocycles. The van der Waals surface area contributed by atoms with Gasteiger partial charge in [0.2, 0.25) is 0 Å². The zero-order valence-electron chi connectivity index (χ0n) is 8.58. The molecule has 0 saturated heterocycles. The summed E-state index contributed by atoms with van der Waals surface area (Å²) in [6.45, 7) is 4.05. The maximum Gasteiger partial charge on any atom is 0.0672 e. The van der Waals surface area contributed by atoms with E-state index in [0.29, 0.717) is 12.3 Å². The zero-order valence-corrected chi connectivity index (χ0v) is 8.58. The average molecular weight is 184 g/mol. The highest BCUT2D eigenvalue weighted by molar-refractivity contribution is 5.05. The molecule has 2 heteroatoms. The Morgan fingerprint density at radius 1 is 1.62 bits per heavy atom. The number of hydrogen-bond donors (Lipinski definition) is 2. The van der Waals surface area contributed by atoms with Crippen molar-refractivity contribution in [1.82, 2.24) is 0 Å². The molecule has 1 unspecified atom stereocenters. The van der Waals surface area contributed by atoms with Crippen LogP contribution in [0, 0.1) is 5.92 Å². The van der Waals surface area contributed by atoms with Crippen LogP contribution in [0.1, 0.15) is 39.5 Å². The van der Waals surface area contributed by atoms with Gasteiger partial charge in [-0.3, -0.25) is 0 Å². The van der Waals surface area contributed by atoms with Crippen molar-refractivity contribution in [3.05, 3.63) is 11.6 Å². The zero-order chi connectivity index (χ0) is 9.90. The van der Waals surface area contributed by atoms with Gasteiger partial charge in [0.25, 0.3) is 0 Å². The fourth-order valence-electron chi connectivity index (χ4n) is 1.96. The summed E-state index contributed by atoms with van der Waals surface area (Å²) in [6, 6.07) is 0. The van der Waals surface area contributed by atoms with E-state index in [-0.39, 0.29) is 6.61 Å². The van der Waals surface area contributed by atoms with E-state index < -0.39 is 5.60 Å². The fourth-order valence-corrected chi connectivity index (χ4v) is 1.96. The number of aliphatic hydroxyl groups excluding tert-OH is 1. The van der Waals surface area contributed by atoms with E-state index in [2.05, 4.69) is 13.0 Å². The van der Waals surface area contributed by atoms with Crippen LogP contribution in [-0.2, 0) is 0 Å². The van der Waals surface area contributed by atoms with Crippen molar-refractivity contribution in [3.8, 4) is 0 Å². The smallest absolute Gasteiger partial charge is 0.0672 e. The van der Waals surface area contributed by atoms with E-state index in [0.717, 1.165) is 19.3 Å². The van der Waals surface area contributed by atoms with Crippen molar-refractivity contribution in [3.63, 3.8) is 0 Å². The molecule has 2 N–H and O–H groups in total. The van der Waals surface area contributed by atoms with Crippen molar-refractivity contribution < 1.29 is 10.2 Å². The molecule has 0 spiro atoms. The third kappa shape index (κ3) is 2.82. The van der Waals surface area contributed by atoms with Gasteiger partial charge in [0, 0.05) is 6.61 Å². The van der Waals surface area contributed by atoms with Crippen molar-refractivity contribution in [2.45, 2.75) is 45.1 Å². The normalized spacial score (nSPS) is 28.0.